The SMILES string of the molecule is CC1(C)CC(OS(=O)(=O)C(F)(F)F)=C(C(=O)OCc2ccc([N+](=O)[O-])cc2)N2C(=O)C(NC(=O)COc3ccccc3)C21. The fourth-order valence-electron chi connectivity index (χ4n) is 4.69. The van der Waals surface area contributed by atoms with Crippen molar-refractivity contribution in [1.82, 2.24) is 10.2 Å². The zero-order valence-corrected chi connectivity index (χ0v) is 23.3. The fourth-order valence-corrected chi connectivity index (χ4v) is 5.19. The van der Waals surface area contributed by atoms with Gasteiger partial charge >= 0.3 is 21.6 Å². The Morgan fingerprint density at radius 3 is 2.33 bits per heavy atom. The molecule has 2 amide bonds. The lowest BCUT2D eigenvalue weighted by Crippen LogP contribution is -2.76. The summed E-state index contributed by atoms with van der Waals surface area (Å²) in [7, 11) is -6.25. The van der Waals surface area contributed by atoms with Crippen molar-refractivity contribution in [2.45, 2.75) is 44.5 Å². The molecular formula is C26H24F3N3O10S. The maximum absolute atomic E-state index is 13.2. The highest BCUT2D eigenvalue weighted by atomic mass is 32.2. The molecule has 4 rings (SSSR count). The predicted octanol–water partition coefficient (Wildman–Crippen LogP) is 2.92. The van der Waals surface area contributed by atoms with Crippen LogP contribution in [-0.4, -0.2) is 60.2 Å². The number of fused-ring (bicyclic) bond motifs is 1. The number of ether oxygens (including phenoxy) is 2. The molecule has 2 atom stereocenters. The summed E-state index contributed by atoms with van der Waals surface area (Å²) >= 11 is 0. The average Bonchev–Trinajstić information content (AvgIpc) is 2.93. The molecular weight excluding hydrogens is 603 g/mol. The van der Waals surface area contributed by atoms with E-state index in [2.05, 4.69) is 9.50 Å². The van der Waals surface area contributed by atoms with E-state index in [1.54, 1.807) is 30.3 Å². The summed E-state index contributed by atoms with van der Waals surface area (Å²) in [4.78, 5) is 49.9. The number of β-lactam (4-membered cyclic amide) rings is 1. The van der Waals surface area contributed by atoms with Gasteiger partial charge in [-0.2, -0.15) is 21.6 Å². The van der Waals surface area contributed by atoms with Crippen molar-refractivity contribution in [1.29, 1.82) is 0 Å². The molecule has 0 bridgehead atoms. The van der Waals surface area contributed by atoms with Crippen LogP contribution in [0.5, 0.6) is 5.75 Å². The van der Waals surface area contributed by atoms with Crippen LogP contribution in [-0.2, 0) is 40.0 Å². The summed E-state index contributed by atoms with van der Waals surface area (Å²) in [6, 6.07) is 10.8. The Bertz CT molecular complexity index is 1580. The number of esters is 1. The zero-order chi connectivity index (χ0) is 31.7. The molecule has 2 aliphatic rings. The second kappa shape index (κ2) is 11.5. The normalized spacial score (nSPS) is 19.6. The summed E-state index contributed by atoms with van der Waals surface area (Å²) in [6.45, 7) is 1.96. The summed E-state index contributed by atoms with van der Waals surface area (Å²) in [6.07, 6.45) is -0.564. The smallest absolute Gasteiger partial charge is 0.484 e. The molecule has 43 heavy (non-hydrogen) atoms. The number of carbonyl (C=O) groups excluding carboxylic acids is 3. The van der Waals surface area contributed by atoms with E-state index in [4.69, 9.17) is 9.47 Å². The van der Waals surface area contributed by atoms with E-state index in [1.807, 2.05) is 0 Å². The van der Waals surface area contributed by atoms with Gasteiger partial charge in [0.25, 0.3) is 17.5 Å². The van der Waals surface area contributed by atoms with Gasteiger partial charge in [0.15, 0.2) is 18.1 Å². The van der Waals surface area contributed by atoms with Gasteiger partial charge in [-0.15, -0.1) is 0 Å². The maximum atomic E-state index is 13.2. The van der Waals surface area contributed by atoms with Crippen molar-refractivity contribution in [3.05, 3.63) is 81.7 Å². The number of nitrogens with one attached hydrogen (secondary N) is 1. The van der Waals surface area contributed by atoms with Crippen LogP contribution in [0.2, 0.25) is 0 Å². The monoisotopic (exact) mass is 627 g/mol. The molecule has 0 spiro atoms. The van der Waals surface area contributed by atoms with Crippen molar-refractivity contribution in [3.63, 3.8) is 0 Å². The minimum atomic E-state index is -6.25. The van der Waals surface area contributed by atoms with Crippen LogP contribution >= 0.6 is 0 Å². The van der Waals surface area contributed by atoms with Crippen molar-refractivity contribution >= 4 is 33.6 Å². The Hall–Kier alpha value is -4.67. The number of nitro benzene ring substituents is 1. The van der Waals surface area contributed by atoms with Gasteiger partial charge in [-0.05, 0) is 35.2 Å². The molecule has 2 heterocycles. The van der Waals surface area contributed by atoms with E-state index < -0.39 is 86.9 Å². The topological polar surface area (TPSA) is 171 Å². The van der Waals surface area contributed by atoms with Gasteiger partial charge in [-0.1, -0.05) is 32.0 Å². The third-order valence-corrected chi connectivity index (χ3v) is 7.64. The lowest BCUT2D eigenvalue weighted by Gasteiger charge is -2.56. The summed E-state index contributed by atoms with van der Waals surface area (Å²) in [5.41, 5.74) is -7.93. The number of nitrogens with zero attached hydrogens (tertiary/aromatic N) is 2. The number of allylic oxidation sites excluding steroid dienone is 1. The van der Waals surface area contributed by atoms with Crippen LogP contribution in [0.3, 0.4) is 0 Å². The van der Waals surface area contributed by atoms with Crippen LogP contribution in [0, 0.1) is 15.5 Å². The van der Waals surface area contributed by atoms with Crippen molar-refractivity contribution in [2.24, 2.45) is 5.41 Å². The number of hydrogen-bond acceptors (Lipinski definition) is 10. The molecule has 1 saturated heterocycles. The molecule has 2 unspecified atom stereocenters. The second-order valence-corrected chi connectivity index (χ2v) is 11.8. The van der Waals surface area contributed by atoms with Crippen molar-refractivity contribution in [2.75, 3.05) is 6.61 Å². The number of nitro groups is 1. The highest BCUT2D eigenvalue weighted by Gasteiger charge is 2.62. The van der Waals surface area contributed by atoms with Crippen LogP contribution in [0.4, 0.5) is 18.9 Å². The molecule has 0 aliphatic carbocycles. The summed E-state index contributed by atoms with van der Waals surface area (Å²) in [5, 5.41) is 13.3. The number of hydrogen-bond donors (Lipinski definition) is 1. The molecule has 1 N–H and O–H groups in total. The van der Waals surface area contributed by atoms with E-state index in [-0.39, 0.29) is 11.3 Å². The highest BCUT2D eigenvalue weighted by Crippen LogP contribution is 2.48. The Labute approximate surface area is 242 Å². The Balaban J connectivity index is 1.59. The Kier molecular flexibility index (Phi) is 8.39. The van der Waals surface area contributed by atoms with Crippen molar-refractivity contribution in [3.8, 4) is 5.75 Å². The maximum Gasteiger partial charge on any atom is 0.534 e. The van der Waals surface area contributed by atoms with Crippen LogP contribution in [0.15, 0.2) is 66.1 Å². The molecule has 2 aromatic rings. The number of amides is 2. The van der Waals surface area contributed by atoms with Crippen LogP contribution in [0.25, 0.3) is 0 Å². The molecule has 2 aromatic carbocycles. The third kappa shape index (κ3) is 6.55. The van der Waals surface area contributed by atoms with Gasteiger partial charge < -0.3 is 19.0 Å². The number of halogens is 3. The lowest BCUT2D eigenvalue weighted by atomic mass is 9.68. The molecule has 0 radical (unpaired) electrons. The number of benzene rings is 2. The van der Waals surface area contributed by atoms with E-state index in [0.717, 1.165) is 17.0 Å². The minimum absolute atomic E-state index is 0.246. The van der Waals surface area contributed by atoms with Crippen LogP contribution in [0.1, 0.15) is 25.8 Å². The predicted molar refractivity (Wildman–Crippen MR) is 139 cm³/mol. The first-order valence-electron chi connectivity index (χ1n) is 12.5. The minimum Gasteiger partial charge on any atom is -0.484 e. The lowest BCUT2D eigenvalue weighted by molar-refractivity contribution is -0.384. The van der Waals surface area contributed by atoms with Gasteiger partial charge in [0.05, 0.1) is 11.0 Å². The highest BCUT2D eigenvalue weighted by molar-refractivity contribution is 7.87. The van der Waals surface area contributed by atoms with Crippen molar-refractivity contribution < 1.29 is 54.6 Å². The van der Waals surface area contributed by atoms with E-state index in [9.17, 15) is 46.1 Å². The number of non-ortho nitro benzene ring substituents is 1. The Morgan fingerprint density at radius 1 is 1.12 bits per heavy atom. The number of rotatable bonds is 10. The first kappa shape index (κ1) is 31.3. The second-order valence-electron chi connectivity index (χ2n) is 10.2. The zero-order valence-electron chi connectivity index (χ0n) is 22.5. The molecule has 13 nitrogen and oxygen atoms in total. The van der Waals surface area contributed by atoms with Gasteiger partial charge in [0.2, 0.25) is 0 Å². The number of carbonyl (C=O) groups is 3. The van der Waals surface area contributed by atoms with E-state index >= 15 is 0 Å². The third-order valence-electron chi connectivity index (χ3n) is 6.65. The van der Waals surface area contributed by atoms with E-state index in [1.165, 1.54) is 26.0 Å². The van der Waals surface area contributed by atoms with Gasteiger partial charge in [-0.25, -0.2) is 4.79 Å². The number of alkyl halides is 3. The molecule has 17 heteroatoms. The first-order valence-corrected chi connectivity index (χ1v) is 13.9. The van der Waals surface area contributed by atoms with Gasteiger partial charge in [-0.3, -0.25) is 24.6 Å². The quantitative estimate of drug-likeness (QED) is 0.103. The van der Waals surface area contributed by atoms with Crippen LogP contribution < -0.4 is 10.1 Å². The molecule has 0 saturated carbocycles. The average molecular weight is 628 g/mol. The largest absolute Gasteiger partial charge is 0.534 e. The summed E-state index contributed by atoms with van der Waals surface area (Å²) < 4.78 is 78.2. The fraction of sp³-hybridized carbons (Fsp3) is 0.346. The van der Waals surface area contributed by atoms with Gasteiger partial charge in [0, 0.05) is 18.6 Å². The molecule has 2 aliphatic heterocycles. The molecule has 230 valence electrons. The Morgan fingerprint density at radius 2 is 1.74 bits per heavy atom. The molecule has 1 fully saturated rings. The van der Waals surface area contributed by atoms with Gasteiger partial charge in [0.1, 0.15) is 18.4 Å². The summed E-state index contributed by atoms with van der Waals surface area (Å²) in [5.74, 6) is -3.62. The first-order chi connectivity index (χ1) is 20.0. The standard InChI is InChI=1S/C26H24F3N3O10S/c1-25(2)12-18(42-43(38,39)26(27,28)29)21(24(35)41-13-15-8-10-16(11-9-15)32(36)37)31-22(25)20(23(31)34)30-19(33)14-40-17-6-4-3-5-7-17/h3-11,20,22H,12-14H2,1-2H3,(H,30,33). The molecule has 0 aromatic heterocycles. The van der Waals surface area contributed by atoms with E-state index in [0.29, 0.717) is 5.75 Å². The number of para-hydroxylation sites is 1.